The van der Waals surface area contributed by atoms with E-state index in [0.717, 1.165) is 56.5 Å². The Labute approximate surface area is 157 Å². The Morgan fingerprint density at radius 3 is 2.62 bits per heavy atom. The number of aliphatic hydroxyl groups excluding tert-OH is 1. The second kappa shape index (κ2) is 10.4. The van der Waals surface area contributed by atoms with E-state index in [2.05, 4.69) is 40.9 Å². The first-order chi connectivity index (χ1) is 12.5. The van der Waals surface area contributed by atoms with Gasteiger partial charge >= 0.3 is 0 Å². The van der Waals surface area contributed by atoms with Gasteiger partial charge in [-0.25, -0.2) is 0 Å². The second-order valence-electron chi connectivity index (χ2n) is 7.17. The highest BCUT2D eigenvalue weighted by Gasteiger charge is 2.20. The van der Waals surface area contributed by atoms with Crippen molar-refractivity contribution in [1.29, 1.82) is 0 Å². The third-order valence-electron chi connectivity index (χ3n) is 4.52. The van der Waals surface area contributed by atoms with Gasteiger partial charge in [-0.2, -0.15) is 0 Å². The summed E-state index contributed by atoms with van der Waals surface area (Å²) in [4.78, 5) is 9.48. The van der Waals surface area contributed by atoms with E-state index in [1.165, 1.54) is 0 Å². The third kappa shape index (κ3) is 6.18. The minimum absolute atomic E-state index is 0.335. The lowest BCUT2D eigenvalue weighted by molar-refractivity contribution is 0.162. The second-order valence-corrected chi connectivity index (χ2v) is 7.17. The standard InChI is InChI=1S/C20H34N4O2/c1-5-21-20(24-11-9-23(10-12-24)15-16(2)3)22-14-19(25)17-7-6-8-18(13-17)26-4/h6-8,13,16,19,25H,5,9-12,14-15H2,1-4H3,(H,21,22). The van der Waals surface area contributed by atoms with Gasteiger partial charge in [0, 0.05) is 39.3 Å². The molecule has 1 aliphatic rings. The molecule has 0 saturated carbocycles. The third-order valence-corrected chi connectivity index (χ3v) is 4.52. The van der Waals surface area contributed by atoms with Crippen LogP contribution in [0.5, 0.6) is 5.75 Å². The van der Waals surface area contributed by atoms with Crippen LogP contribution >= 0.6 is 0 Å². The first-order valence-electron chi connectivity index (χ1n) is 9.61. The zero-order valence-corrected chi connectivity index (χ0v) is 16.6. The quantitative estimate of drug-likeness (QED) is 0.574. The first-order valence-corrected chi connectivity index (χ1v) is 9.61. The van der Waals surface area contributed by atoms with E-state index in [1.54, 1.807) is 7.11 Å². The van der Waals surface area contributed by atoms with Gasteiger partial charge in [-0.15, -0.1) is 0 Å². The van der Waals surface area contributed by atoms with Crippen molar-refractivity contribution < 1.29 is 9.84 Å². The number of nitrogens with one attached hydrogen (secondary N) is 1. The predicted molar refractivity (Wildman–Crippen MR) is 107 cm³/mol. The summed E-state index contributed by atoms with van der Waals surface area (Å²) < 4.78 is 5.23. The summed E-state index contributed by atoms with van der Waals surface area (Å²) in [5.41, 5.74) is 0.825. The van der Waals surface area contributed by atoms with E-state index in [-0.39, 0.29) is 0 Å². The van der Waals surface area contributed by atoms with E-state index in [4.69, 9.17) is 4.74 Å². The van der Waals surface area contributed by atoms with E-state index >= 15 is 0 Å². The Bertz CT molecular complexity index is 569. The molecule has 146 valence electrons. The molecule has 1 saturated heterocycles. The van der Waals surface area contributed by atoms with E-state index in [0.29, 0.717) is 12.5 Å². The average Bonchev–Trinajstić information content (AvgIpc) is 2.65. The molecule has 1 aliphatic heterocycles. The topological polar surface area (TPSA) is 60.3 Å². The van der Waals surface area contributed by atoms with Gasteiger partial charge in [-0.3, -0.25) is 9.89 Å². The number of hydrogen-bond donors (Lipinski definition) is 2. The van der Waals surface area contributed by atoms with Crippen LogP contribution < -0.4 is 10.1 Å². The summed E-state index contributed by atoms with van der Waals surface area (Å²) in [5, 5.41) is 13.8. The number of rotatable bonds is 7. The fourth-order valence-corrected chi connectivity index (χ4v) is 3.21. The smallest absolute Gasteiger partial charge is 0.194 e. The number of nitrogens with zero attached hydrogens (tertiary/aromatic N) is 3. The molecule has 1 heterocycles. The van der Waals surface area contributed by atoms with Crippen molar-refractivity contribution in [2.75, 3.05) is 52.9 Å². The fraction of sp³-hybridized carbons (Fsp3) is 0.650. The maximum absolute atomic E-state index is 10.5. The summed E-state index contributed by atoms with van der Waals surface area (Å²) in [6.07, 6.45) is -0.638. The predicted octanol–water partition coefficient (Wildman–Crippen LogP) is 1.97. The number of benzene rings is 1. The Morgan fingerprint density at radius 1 is 1.27 bits per heavy atom. The molecule has 0 radical (unpaired) electrons. The van der Waals surface area contributed by atoms with Gasteiger partial charge in [0.05, 0.1) is 19.8 Å². The molecule has 0 bridgehead atoms. The molecule has 0 aliphatic carbocycles. The van der Waals surface area contributed by atoms with Crippen LogP contribution in [0.2, 0.25) is 0 Å². The van der Waals surface area contributed by atoms with Crippen LogP contribution in [0, 0.1) is 5.92 Å². The van der Waals surface area contributed by atoms with Crippen LogP contribution in [-0.2, 0) is 0 Å². The largest absolute Gasteiger partial charge is 0.497 e. The zero-order chi connectivity index (χ0) is 18.9. The monoisotopic (exact) mass is 362 g/mol. The maximum atomic E-state index is 10.5. The molecule has 6 nitrogen and oxygen atoms in total. The Hall–Kier alpha value is -1.79. The summed E-state index contributed by atoms with van der Waals surface area (Å²) in [5.74, 6) is 2.33. The van der Waals surface area contributed by atoms with Gasteiger partial charge in [0.2, 0.25) is 0 Å². The number of aliphatic imine (C=N–C) groups is 1. The van der Waals surface area contributed by atoms with Gasteiger partial charge in [-0.1, -0.05) is 26.0 Å². The van der Waals surface area contributed by atoms with Gasteiger partial charge < -0.3 is 20.1 Å². The van der Waals surface area contributed by atoms with Gasteiger partial charge in [0.1, 0.15) is 5.75 Å². The summed E-state index contributed by atoms with van der Waals surface area (Å²) in [6, 6.07) is 7.53. The molecular formula is C20H34N4O2. The van der Waals surface area contributed by atoms with Gasteiger partial charge in [0.25, 0.3) is 0 Å². The van der Waals surface area contributed by atoms with Crippen LogP contribution in [0.3, 0.4) is 0 Å². The Morgan fingerprint density at radius 2 is 2.00 bits per heavy atom. The summed E-state index contributed by atoms with van der Waals surface area (Å²) in [7, 11) is 1.63. The number of aliphatic hydroxyl groups is 1. The molecule has 1 aromatic carbocycles. The highest BCUT2D eigenvalue weighted by Crippen LogP contribution is 2.19. The number of guanidine groups is 1. The zero-order valence-electron chi connectivity index (χ0n) is 16.6. The molecule has 2 rings (SSSR count). The lowest BCUT2D eigenvalue weighted by Crippen LogP contribution is -2.53. The number of hydrogen-bond acceptors (Lipinski definition) is 4. The molecule has 0 spiro atoms. The molecule has 2 N–H and O–H groups in total. The van der Waals surface area contributed by atoms with Crippen LogP contribution in [0.1, 0.15) is 32.4 Å². The molecule has 6 heteroatoms. The number of piperazine rings is 1. The molecule has 1 atom stereocenters. The number of ether oxygens (including phenoxy) is 1. The minimum Gasteiger partial charge on any atom is -0.497 e. The van der Waals surface area contributed by atoms with Crippen molar-refractivity contribution >= 4 is 5.96 Å². The van der Waals surface area contributed by atoms with Gasteiger partial charge in [-0.05, 0) is 30.5 Å². The normalized spacial score (nSPS) is 17.5. The highest BCUT2D eigenvalue weighted by molar-refractivity contribution is 5.80. The molecule has 26 heavy (non-hydrogen) atoms. The van der Waals surface area contributed by atoms with Crippen LogP contribution in [-0.4, -0.2) is 73.8 Å². The van der Waals surface area contributed by atoms with E-state index < -0.39 is 6.10 Å². The van der Waals surface area contributed by atoms with E-state index in [9.17, 15) is 5.11 Å². The molecule has 1 unspecified atom stereocenters. The van der Waals surface area contributed by atoms with Gasteiger partial charge in [0.15, 0.2) is 5.96 Å². The molecule has 1 aromatic rings. The minimum atomic E-state index is -0.638. The summed E-state index contributed by atoms with van der Waals surface area (Å²) >= 11 is 0. The average molecular weight is 363 g/mol. The van der Waals surface area contributed by atoms with Crippen molar-refractivity contribution in [1.82, 2.24) is 15.1 Å². The maximum Gasteiger partial charge on any atom is 0.194 e. The molecule has 0 aromatic heterocycles. The Balaban J connectivity index is 1.95. The van der Waals surface area contributed by atoms with Crippen LogP contribution in [0.25, 0.3) is 0 Å². The van der Waals surface area contributed by atoms with Crippen LogP contribution in [0.15, 0.2) is 29.3 Å². The van der Waals surface area contributed by atoms with Crippen molar-refractivity contribution in [2.24, 2.45) is 10.9 Å². The number of methoxy groups -OCH3 is 1. The van der Waals surface area contributed by atoms with Crippen molar-refractivity contribution in [3.8, 4) is 5.75 Å². The lowest BCUT2D eigenvalue weighted by atomic mass is 10.1. The molecule has 1 fully saturated rings. The molecular weight excluding hydrogens is 328 g/mol. The first kappa shape index (κ1) is 20.5. The van der Waals surface area contributed by atoms with Crippen molar-refractivity contribution in [2.45, 2.75) is 26.9 Å². The summed E-state index contributed by atoms with van der Waals surface area (Å²) in [6.45, 7) is 12.9. The van der Waals surface area contributed by atoms with E-state index in [1.807, 2.05) is 24.3 Å². The highest BCUT2D eigenvalue weighted by atomic mass is 16.5. The Kier molecular flexibility index (Phi) is 8.19. The SMILES string of the molecule is CCNC(=NCC(O)c1cccc(OC)c1)N1CCN(CC(C)C)CC1. The van der Waals surface area contributed by atoms with Crippen molar-refractivity contribution in [3.05, 3.63) is 29.8 Å². The fourth-order valence-electron chi connectivity index (χ4n) is 3.21. The lowest BCUT2D eigenvalue weighted by Gasteiger charge is -2.37. The molecule has 0 amide bonds. The van der Waals surface area contributed by atoms with Crippen LogP contribution in [0.4, 0.5) is 0 Å². The van der Waals surface area contributed by atoms with Crippen molar-refractivity contribution in [3.63, 3.8) is 0 Å².